The fourth-order valence-electron chi connectivity index (χ4n) is 3.86. The largest absolute Gasteiger partial charge is 0.493 e. The Labute approximate surface area is 218 Å². The number of thiazole rings is 1. The molecule has 0 radical (unpaired) electrons. The summed E-state index contributed by atoms with van der Waals surface area (Å²) in [6.07, 6.45) is 1.68. The Morgan fingerprint density at radius 1 is 1.00 bits per heavy atom. The lowest BCUT2D eigenvalue weighted by Crippen LogP contribution is -2.32. The van der Waals surface area contributed by atoms with Gasteiger partial charge in [-0.25, -0.2) is 0 Å². The van der Waals surface area contributed by atoms with E-state index in [2.05, 4.69) is 5.32 Å². The van der Waals surface area contributed by atoms with E-state index in [1.807, 2.05) is 50.2 Å². The Morgan fingerprint density at radius 2 is 1.73 bits per heavy atom. The van der Waals surface area contributed by atoms with Crippen molar-refractivity contribution in [3.8, 4) is 23.3 Å². The van der Waals surface area contributed by atoms with Gasteiger partial charge in [0.25, 0.3) is 11.5 Å². The van der Waals surface area contributed by atoms with Gasteiger partial charge in [0, 0.05) is 11.3 Å². The Kier molecular flexibility index (Phi) is 7.56. The summed E-state index contributed by atoms with van der Waals surface area (Å²) in [6.45, 7) is 3.85. The number of amides is 1. The second kappa shape index (κ2) is 11.0. The SMILES string of the molecule is COc1cccc(/C=c2/s/c(=C(/C#N)C(=O)Nc3cccc(C)c3)n(-c3ccc(C)cc3)c2=O)c1OC. The van der Waals surface area contributed by atoms with Gasteiger partial charge in [0.1, 0.15) is 10.7 Å². The van der Waals surface area contributed by atoms with Gasteiger partial charge < -0.3 is 14.8 Å². The van der Waals surface area contributed by atoms with Crippen LogP contribution in [0.25, 0.3) is 17.3 Å². The third-order valence-electron chi connectivity index (χ3n) is 5.66. The van der Waals surface area contributed by atoms with E-state index in [1.165, 1.54) is 18.8 Å². The van der Waals surface area contributed by atoms with Gasteiger partial charge in [0.2, 0.25) is 0 Å². The van der Waals surface area contributed by atoms with E-state index in [9.17, 15) is 14.9 Å². The molecule has 0 bridgehead atoms. The number of hydrogen-bond donors (Lipinski definition) is 1. The molecular formula is C29H25N3O4S. The van der Waals surface area contributed by atoms with Gasteiger partial charge in [-0.15, -0.1) is 11.3 Å². The van der Waals surface area contributed by atoms with Crippen LogP contribution in [0.5, 0.6) is 11.5 Å². The average Bonchev–Trinajstić information content (AvgIpc) is 3.20. The number of methoxy groups -OCH3 is 2. The quantitative estimate of drug-likeness (QED) is 0.426. The van der Waals surface area contributed by atoms with E-state index in [0.717, 1.165) is 22.5 Å². The van der Waals surface area contributed by atoms with E-state index < -0.39 is 5.91 Å². The lowest BCUT2D eigenvalue weighted by atomic mass is 10.2. The number of rotatable bonds is 6. The number of nitrogens with zero attached hydrogens (tertiary/aromatic N) is 2. The smallest absolute Gasteiger partial charge is 0.273 e. The van der Waals surface area contributed by atoms with Crippen molar-refractivity contribution < 1.29 is 14.3 Å². The Bertz CT molecular complexity index is 1690. The van der Waals surface area contributed by atoms with Crippen LogP contribution in [-0.4, -0.2) is 24.7 Å². The van der Waals surface area contributed by atoms with E-state index >= 15 is 0 Å². The molecule has 0 aliphatic rings. The van der Waals surface area contributed by atoms with Crippen LogP contribution in [-0.2, 0) is 4.79 Å². The number of hydrogen-bond acceptors (Lipinski definition) is 6. The molecule has 4 rings (SSSR count). The van der Waals surface area contributed by atoms with Crippen LogP contribution in [0, 0.1) is 25.2 Å². The van der Waals surface area contributed by atoms with Crippen molar-refractivity contribution in [1.82, 2.24) is 4.57 Å². The maximum atomic E-state index is 13.7. The number of ether oxygens (including phenoxy) is 2. The molecule has 186 valence electrons. The van der Waals surface area contributed by atoms with Crippen molar-refractivity contribution >= 4 is 34.6 Å². The van der Waals surface area contributed by atoms with Crippen LogP contribution in [0.4, 0.5) is 5.69 Å². The zero-order chi connectivity index (χ0) is 26.5. The van der Waals surface area contributed by atoms with Gasteiger partial charge in [-0.05, 0) is 55.8 Å². The number of carbonyl (C=O) groups excluding carboxylic acids is 1. The van der Waals surface area contributed by atoms with Gasteiger partial charge in [0.15, 0.2) is 17.1 Å². The molecule has 3 aromatic carbocycles. The molecule has 0 aliphatic heterocycles. The van der Waals surface area contributed by atoms with Gasteiger partial charge in [-0.3, -0.25) is 14.2 Å². The van der Waals surface area contributed by atoms with E-state index in [4.69, 9.17) is 9.47 Å². The summed E-state index contributed by atoms with van der Waals surface area (Å²) in [5.74, 6) is 0.400. The highest BCUT2D eigenvalue weighted by Gasteiger charge is 2.18. The fraction of sp³-hybridized carbons (Fsp3) is 0.138. The summed E-state index contributed by atoms with van der Waals surface area (Å²) >= 11 is 1.07. The minimum atomic E-state index is -0.597. The van der Waals surface area contributed by atoms with Crippen molar-refractivity contribution in [1.29, 1.82) is 5.26 Å². The summed E-state index contributed by atoms with van der Waals surface area (Å²) in [4.78, 5) is 26.9. The summed E-state index contributed by atoms with van der Waals surface area (Å²) in [5.41, 5.74) is 3.20. The molecule has 0 saturated heterocycles. The highest BCUT2D eigenvalue weighted by atomic mass is 32.1. The van der Waals surface area contributed by atoms with Gasteiger partial charge in [-0.2, -0.15) is 5.26 Å². The maximum Gasteiger partial charge on any atom is 0.273 e. The second-order valence-electron chi connectivity index (χ2n) is 8.29. The Balaban J connectivity index is 1.99. The molecule has 1 heterocycles. The average molecular weight is 512 g/mol. The summed E-state index contributed by atoms with van der Waals surface area (Å²) in [5, 5.41) is 12.8. The van der Waals surface area contributed by atoms with Crippen molar-refractivity contribution in [3.05, 3.63) is 103 Å². The zero-order valence-corrected chi connectivity index (χ0v) is 21.7. The minimum absolute atomic E-state index is 0.165. The van der Waals surface area contributed by atoms with E-state index in [-0.39, 0.29) is 15.8 Å². The number of benzene rings is 3. The normalized spacial score (nSPS) is 12.0. The number of nitrogens with one attached hydrogen (secondary N) is 1. The molecule has 7 nitrogen and oxygen atoms in total. The monoisotopic (exact) mass is 511 g/mol. The molecule has 4 aromatic rings. The van der Waals surface area contributed by atoms with Crippen molar-refractivity contribution in [2.24, 2.45) is 0 Å². The first-order chi connectivity index (χ1) is 17.9. The molecule has 0 aliphatic carbocycles. The van der Waals surface area contributed by atoms with Crippen molar-refractivity contribution in [3.63, 3.8) is 0 Å². The predicted molar refractivity (Wildman–Crippen MR) is 146 cm³/mol. The molecule has 0 atom stereocenters. The van der Waals surface area contributed by atoms with E-state index in [1.54, 1.807) is 42.5 Å². The molecule has 1 amide bonds. The third kappa shape index (κ3) is 5.32. The third-order valence-corrected chi connectivity index (χ3v) is 6.76. The molecule has 0 fully saturated rings. The van der Waals surface area contributed by atoms with Crippen LogP contribution < -0.4 is 29.5 Å². The number of para-hydroxylation sites is 1. The van der Waals surface area contributed by atoms with Crippen molar-refractivity contribution in [2.45, 2.75) is 13.8 Å². The molecule has 0 spiro atoms. The number of carbonyl (C=O) groups is 1. The lowest BCUT2D eigenvalue weighted by molar-refractivity contribution is -0.111. The molecule has 0 unspecified atom stereocenters. The van der Waals surface area contributed by atoms with Crippen LogP contribution in [0.15, 0.2) is 71.5 Å². The predicted octanol–water partition coefficient (Wildman–Crippen LogP) is 3.67. The first kappa shape index (κ1) is 25.5. The number of nitriles is 1. The topological polar surface area (TPSA) is 93.4 Å². The van der Waals surface area contributed by atoms with Gasteiger partial charge in [0.05, 0.1) is 24.4 Å². The minimum Gasteiger partial charge on any atom is -0.493 e. The highest BCUT2D eigenvalue weighted by molar-refractivity contribution is 7.07. The molecule has 8 heteroatoms. The first-order valence-corrected chi connectivity index (χ1v) is 12.2. The first-order valence-electron chi connectivity index (χ1n) is 11.4. The second-order valence-corrected chi connectivity index (χ2v) is 9.32. The molecular weight excluding hydrogens is 486 g/mol. The molecule has 37 heavy (non-hydrogen) atoms. The number of anilines is 1. The molecule has 0 saturated carbocycles. The summed E-state index contributed by atoms with van der Waals surface area (Å²) in [7, 11) is 3.06. The van der Waals surface area contributed by atoms with Gasteiger partial charge in [-0.1, -0.05) is 42.0 Å². The highest BCUT2D eigenvalue weighted by Crippen LogP contribution is 2.31. The van der Waals surface area contributed by atoms with E-state index in [0.29, 0.717) is 33.0 Å². The Morgan fingerprint density at radius 3 is 2.38 bits per heavy atom. The van der Waals surface area contributed by atoms with Crippen LogP contribution in [0.1, 0.15) is 16.7 Å². The number of aryl methyl sites for hydroxylation is 2. The molecule has 1 N–H and O–H groups in total. The molecule has 1 aromatic heterocycles. The number of aromatic nitrogens is 1. The maximum absolute atomic E-state index is 13.7. The fourth-order valence-corrected chi connectivity index (χ4v) is 4.95. The lowest BCUT2D eigenvalue weighted by Gasteiger charge is -2.09. The zero-order valence-electron chi connectivity index (χ0n) is 20.9. The Hall–Kier alpha value is -4.61. The summed E-state index contributed by atoms with van der Waals surface area (Å²) < 4.78 is 12.9. The van der Waals surface area contributed by atoms with Crippen LogP contribution in [0.2, 0.25) is 0 Å². The van der Waals surface area contributed by atoms with Gasteiger partial charge >= 0.3 is 0 Å². The van der Waals surface area contributed by atoms with Crippen LogP contribution in [0.3, 0.4) is 0 Å². The van der Waals surface area contributed by atoms with Crippen molar-refractivity contribution in [2.75, 3.05) is 19.5 Å². The standard InChI is InChI=1S/C29H25N3O4S/c1-18-11-13-22(14-12-18)32-28(34)25(16-20-8-6-10-24(35-3)26(20)36-4)37-29(32)23(17-30)27(33)31-21-9-5-7-19(2)15-21/h5-16H,1-4H3,(H,31,33)/b25-16+,29-23-. The summed E-state index contributed by atoms with van der Waals surface area (Å²) in [6, 6.07) is 22.0. The van der Waals surface area contributed by atoms with Crippen LogP contribution >= 0.6 is 11.3 Å².